The van der Waals surface area contributed by atoms with Crippen LogP contribution in [0.25, 0.3) is 0 Å². The third-order valence-electron chi connectivity index (χ3n) is 4.74. The number of piperidine rings is 1. The van der Waals surface area contributed by atoms with Crippen molar-refractivity contribution in [3.05, 3.63) is 34.3 Å². The van der Waals surface area contributed by atoms with Crippen molar-refractivity contribution in [3.8, 4) is 0 Å². The molecule has 1 amide bonds. The van der Waals surface area contributed by atoms with Crippen LogP contribution in [0.4, 0.5) is 0 Å². The first-order chi connectivity index (χ1) is 11.5. The molecule has 24 heavy (non-hydrogen) atoms. The third-order valence-corrected chi connectivity index (χ3v) is 5.16. The highest BCUT2D eigenvalue weighted by Crippen LogP contribution is 2.24. The Labute approximate surface area is 148 Å². The quantitative estimate of drug-likeness (QED) is 0.850. The maximum absolute atomic E-state index is 11.8. The van der Waals surface area contributed by atoms with Crippen molar-refractivity contribution in [3.63, 3.8) is 0 Å². The number of aryl methyl sites for hydroxylation is 1. The average Bonchev–Trinajstić information content (AvgIpc) is 2.99. The first-order valence-corrected chi connectivity index (χ1v) is 8.77. The molecular weight excluding hydrogens is 328 g/mol. The topological polar surface area (TPSA) is 60.9 Å². The van der Waals surface area contributed by atoms with E-state index in [0.717, 1.165) is 62.4 Å². The average molecular weight is 353 g/mol. The minimum atomic E-state index is -0.250. The minimum absolute atomic E-state index is 0.250. The molecular formula is C18H25ClN2O3. The lowest BCUT2D eigenvalue weighted by Crippen LogP contribution is -2.45. The molecule has 2 aliphatic rings. The Morgan fingerprint density at radius 3 is 2.50 bits per heavy atom. The first-order valence-electron chi connectivity index (χ1n) is 8.40. The fourth-order valence-corrected chi connectivity index (χ4v) is 3.63. The van der Waals surface area contributed by atoms with E-state index in [4.69, 9.17) is 21.5 Å². The van der Waals surface area contributed by atoms with Crippen molar-refractivity contribution in [2.75, 3.05) is 19.6 Å². The highest BCUT2D eigenvalue weighted by atomic mass is 35.5. The maximum Gasteiger partial charge on any atom is 0.290 e. The largest absolute Gasteiger partial charge is 0.483 e. The van der Waals surface area contributed by atoms with Crippen LogP contribution in [0.5, 0.6) is 0 Å². The molecule has 2 aliphatic heterocycles. The molecule has 5 nitrogen and oxygen atoms in total. The number of rotatable bonds is 3. The van der Waals surface area contributed by atoms with Gasteiger partial charge < -0.3 is 10.0 Å². The van der Waals surface area contributed by atoms with E-state index in [-0.39, 0.29) is 6.47 Å². The summed E-state index contributed by atoms with van der Waals surface area (Å²) in [6, 6.07) is 6.76. The fourth-order valence-electron chi connectivity index (χ4n) is 3.51. The summed E-state index contributed by atoms with van der Waals surface area (Å²) in [5.74, 6) is 0.363. The SMILES string of the molecule is Cc1cc(CN2CCC(N3CCCC3=O)CC2)ccc1Cl.O=CO. The van der Waals surface area contributed by atoms with Crippen LogP contribution < -0.4 is 0 Å². The van der Waals surface area contributed by atoms with Crippen LogP contribution >= 0.6 is 11.6 Å². The smallest absolute Gasteiger partial charge is 0.290 e. The molecule has 132 valence electrons. The van der Waals surface area contributed by atoms with E-state index in [1.165, 1.54) is 5.56 Å². The zero-order chi connectivity index (χ0) is 17.5. The molecule has 2 fully saturated rings. The summed E-state index contributed by atoms with van der Waals surface area (Å²) in [6.07, 6.45) is 4.02. The van der Waals surface area contributed by atoms with E-state index in [2.05, 4.69) is 28.9 Å². The molecule has 0 aromatic heterocycles. The molecule has 1 aromatic carbocycles. The predicted octanol–water partition coefficient (Wildman–Crippen LogP) is 2.94. The normalized spacial score (nSPS) is 19.1. The van der Waals surface area contributed by atoms with Crippen molar-refractivity contribution in [2.45, 2.75) is 45.2 Å². The molecule has 0 bridgehead atoms. The molecule has 1 N–H and O–H groups in total. The standard InChI is InChI=1S/C17H23ClN2O.CH2O2/c1-13-11-14(4-5-16(13)18)12-19-9-6-15(7-10-19)20-8-2-3-17(20)21;2-1-3/h4-5,11,15H,2-3,6-10,12H2,1H3;1H,(H,2,3). The summed E-state index contributed by atoms with van der Waals surface area (Å²) >= 11 is 6.08. The van der Waals surface area contributed by atoms with Gasteiger partial charge in [-0.3, -0.25) is 14.5 Å². The van der Waals surface area contributed by atoms with E-state index in [1.54, 1.807) is 0 Å². The fraction of sp³-hybridized carbons (Fsp3) is 0.556. The van der Waals surface area contributed by atoms with E-state index in [9.17, 15) is 4.79 Å². The second kappa shape index (κ2) is 9.04. The van der Waals surface area contributed by atoms with Crippen LogP contribution in [0.15, 0.2) is 18.2 Å². The van der Waals surface area contributed by atoms with Gasteiger partial charge in [-0.2, -0.15) is 0 Å². The molecule has 1 aromatic rings. The number of benzene rings is 1. The number of carboxylic acid groups (broad SMARTS) is 1. The number of hydrogen-bond donors (Lipinski definition) is 1. The number of amides is 1. The van der Waals surface area contributed by atoms with Crippen LogP contribution in [0, 0.1) is 6.92 Å². The van der Waals surface area contributed by atoms with Crippen molar-refractivity contribution >= 4 is 24.0 Å². The second-order valence-electron chi connectivity index (χ2n) is 6.39. The second-order valence-corrected chi connectivity index (χ2v) is 6.79. The lowest BCUT2D eigenvalue weighted by atomic mass is 10.0. The molecule has 0 saturated carbocycles. The number of hydrogen-bond acceptors (Lipinski definition) is 3. The van der Waals surface area contributed by atoms with E-state index in [0.29, 0.717) is 11.9 Å². The van der Waals surface area contributed by atoms with Gasteiger partial charge >= 0.3 is 0 Å². The molecule has 0 aliphatic carbocycles. The molecule has 2 saturated heterocycles. The Kier molecular flexibility index (Phi) is 7.06. The summed E-state index contributed by atoms with van der Waals surface area (Å²) in [7, 11) is 0. The highest BCUT2D eigenvalue weighted by Gasteiger charge is 2.30. The van der Waals surface area contributed by atoms with E-state index >= 15 is 0 Å². The first kappa shape index (κ1) is 18.7. The number of halogens is 1. The Bertz CT molecular complexity index is 571. The third kappa shape index (κ3) is 4.95. The predicted molar refractivity (Wildman–Crippen MR) is 94.1 cm³/mol. The van der Waals surface area contributed by atoms with Gasteiger partial charge in [0.05, 0.1) is 0 Å². The van der Waals surface area contributed by atoms with Crippen molar-refractivity contribution in [1.82, 2.24) is 9.80 Å². The lowest BCUT2D eigenvalue weighted by Gasteiger charge is -2.36. The molecule has 0 radical (unpaired) electrons. The van der Waals surface area contributed by atoms with Crippen molar-refractivity contribution in [1.29, 1.82) is 0 Å². The molecule has 3 rings (SSSR count). The number of carbonyl (C=O) groups excluding carboxylic acids is 1. The number of carbonyl (C=O) groups is 2. The Morgan fingerprint density at radius 2 is 1.96 bits per heavy atom. The zero-order valence-corrected chi connectivity index (χ0v) is 14.8. The summed E-state index contributed by atoms with van der Waals surface area (Å²) in [4.78, 5) is 24.8. The highest BCUT2D eigenvalue weighted by molar-refractivity contribution is 6.31. The van der Waals surface area contributed by atoms with Crippen LogP contribution in [-0.2, 0) is 16.1 Å². The van der Waals surface area contributed by atoms with Gasteiger partial charge in [0.2, 0.25) is 5.91 Å². The van der Waals surface area contributed by atoms with Gasteiger partial charge in [-0.1, -0.05) is 23.7 Å². The Morgan fingerprint density at radius 1 is 1.29 bits per heavy atom. The minimum Gasteiger partial charge on any atom is -0.483 e. The van der Waals surface area contributed by atoms with Crippen molar-refractivity contribution in [2.24, 2.45) is 0 Å². The van der Waals surface area contributed by atoms with Gasteiger partial charge in [0.25, 0.3) is 6.47 Å². The van der Waals surface area contributed by atoms with Gasteiger partial charge in [-0.25, -0.2) is 0 Å². The van der Waals surface area contributed by atoms with E-state index in [1.807, 2.05) is 6.07 Å². The van der Waals surface area contributed by atoms with Gasteiger partial charge in [0.15, 0.2) is 0 Å². The molecule has 2 heterocycles. The Hall–Kier alpha value is -1.59. The number of nitrogens with zero attached hydrogens (tertiary/aromatic N) is 2. The molecule has 6 heteroatoms. The van der Waals surface area contributed by atoms with Crippen molar-refractivity contribution < 1.29 is 14.7 Å². The van der Waals surface area contributed by atoms with Crippen LogP contribution in [0.2, 0.25) is 5.02 Å². The zero-order valence-electron chi connectivity index (χ0n) is 14.1. The molecule has 0 unspecified atom stereocenters. The summed E-state index contributed by atoms with van der Waals surface area (Å²) < 4.78 is 0. The Balaban J connectivity index is 0.000000647. The van der Waals surface area contributed by atoms with Crippen LogP contribution in [-0.4, -0.2) is 53.0 Å². The summed E-state index contributed by atoms with van der Waals surface area (Å²) in [5.41, 5.74) is 2.47. The maximum atomic E-state index is 11.8. The monoisotopic (exact) mass is 352 g/mol. The molecule has 0 spiro atoms. The van der Waals surface area contributed by atoms with Gasteiger partial charge in [-0.05, 0) is 43.4 Å². The summed E-state index contributed by atoms with van der Waals surface area (Å²) in [6.45, 7) is 5.92. The van der Waals surface area contributed by atoms with Gasteiger partial charge in [-0.15, -0.1) is 0 Å². The number of likely N-dealkylation sites (tertiary alicyclic amines) is 2. The van der Waals surface area contributed by atoms with Crippen LogP contribution in [0.3, 0.4) is 0 Å². The van der Waals surface area contributed by atoms with E-state index < -0.39 is 0 Å². The molecule has 0 atom stereocenters. The van der Waals surface area contributed by atoms with Crippen LogP contribution in [0.1, 0.15) is 36.8 Å². The summed E-state index contributed by atoms with van der Waals surface area (Å²) in [5, 5.41) is 7.73. The lowest BCUT2D eigenvalue weighted by molar-refractivity contribution is -0.130. The van der Waals surface area contributed by atoms with Gasteiger partial charge in [0, 0.05) is 43.7 Å². The van der Waals surface area contributed by atoms with Gasteiger partial charge in [0.1, 0.15) is 0 Å².